The highest BCUT2D eigenvalue weighted by molar-refractivity contribution is 5.63. The molecule has 104 heavy (non-hydrogen) atoms. The number of hydrogen-bond acceptors (Lipinski definition) is 8. The third-order valence-electron chi connectivity index (χ3n) is 22.1. The van der Waals surface area contributed by atoms with Crippen molar-refractivity contribution in [2.24, 2.45) is 0 Å². The molecule has 8 aromatic carbocycles. The fourth-order valence-corrected chi connectivity index (χ4v) is 15.1. The standard InChI is InChI=1S/C96H124O8/c1-89(2,3)73-41-57-33-65-49-77(93(13,14)15)51-67-35-59-43-74(90(4,5)6)45-61(82(59)98)37-69-53-79(95(19,20)21)55-71-39-63-47-76(92(10,11)12)48-64(84(63)100)40-72-56-80(96(22,23)24)54-70(88(72)104-32-28-25-29-101-85(65)67)38-62-46-75(91(7,8)9)44-60(83(62)99)36-68-52-78(94(16,17)18)50-66(34-58(42-73)81(57)97)86(68)102-30-26-27-31-103-87(69)71/h41-56,97-100H,25-40H2,1-24H3. The average Bonchev–Trinajstić information content (AvgIpc) is 0.797. The summed E-state index contributed by atoms with van der Waals surface area (Å²) in [4.78, 5) is 0. The van der Waals surface area contributed by atoms with Crippen LogP contribution < -0.4 is 18.9 Å². The third-order valence-corrected chi connectivity index (χ3v) is 22.1. The zero-order valence-electron chi connectivity index (χ0n) is 68.0. The van der Waals surface area contributed by atoms with Crippen LogP contribution in [0, 0.1) is 0 Å². The first kappa shape index (κ1) is 77.3. The van der Waals surface area contributed by atoms with Gasteiger partial charge in [0.05, 0.1) is 26.4 Å². The largest absolute Gasteiger partial charge is 0.507 e. The van der Waals surface area contributed by atoms with Crippen LogP contribution >= 0.6 is 0 Å². The van der Waals surface area contributed by atoms with Crippen LogP contribution in [-0.2, 0) is 94.7 Å². The lowest BCUT2D eigenvalue weighted by Crippen LogP contribution is -2.16. The fourth-order valence-electron chi connectivity index (χ4n) is 15.1. The summed E-state index contributed by atoms with van der Waals surface area (Å²) in [6.45, 7) is 55.6. The van der Waals surface area contributed by atoms with E-state index in [2.05, 4.69) is 263 Å². The van der Waals surface area contributed by atoms with Gasteiger partial charge in [-0.1, -0.05) is 263 Å². The summed E-state index contributed by atoms with van der Waals surface area (Å²) in [5, 5.41) is 53.5. The van der Waals surface area contributed by atoms with Gasteiger partial charge >= 0.3 is 0 Å². The van der Waals surface area contributed by atoms with Crippen LogP contribution in [-0.4, -0.2) is 46.9 Å². The molecule has 4 aliphatic rings. The van der Waals surface area contributed by atoms with Gasteiger partial charge in [0.25, 0.3) is 0 Å². The zero-order chi connectivity index (χ0) is 75.9. The fraction of sp³-hybridized carbons (Fsp3) is 0.500. The maximum absolute atomic E-state index is 13.4. The summed E-state index contributed by atoms with van der Waals surface area (Å²) < 4.78 is 29.7. The van der Waals surface area contributed by atoms with Gasteiger partial charge in [-0.05, 0) is 203 Å². The molecule has 0 spiro atoms. The van der Waals surface area contributed by atoms with Crippen LogP contribution in [0.2, 0.25) is 0 Å². The molecule has 0 unspecified atom stereocenters. The minimum atomic E-state index is -0.300. The zero-order valence-corrected chi connectivity index (χ0v) is 68.0. The first-order valence-corrected chi connectivity index (χ1v) is 38.8. The number of phenols is 4. The van der Waals surface area contributed by atoms with E-state index in [4.69, 9.17) is 18.9 Å². The lowest BCUT2D eigenvalue weighted by atomic mass is 9.79. The van der Waals surface area contributed by atoms with E-state index in [9.17, 15) is 20.4 Å². The van der Waals surface area contributed by atoms with Crippen LogP contribution in [0.3, 0.4) is 0 Å². The van der Waals surface area contributed by atoms with E-state index in [-0.39, 0.29) is 66.3 Å². The Hall–Kier alpha value is -7.84. The van der Waals surface area contributed by atoms with Crippen LogP contribution in [0.15, 0.2) is 97.1 Å². The van der Waals surface area contributed by atoms with Gasteiger partial charge in [-0.2, -0.15) is 0 Å². The highest BCUT2D eigenvalue weighted by Crippen LogP contribution is 2.48. The maximum atomic E-state index is 13.4. The maximum Gasteiger partial charge on any atom is 0.126 e. The number of ether oxygens (including phenoxy) is 4. The Kier molecular flexibility index (Phi) is 21.1. The van der Waals surface area contributed by atoms with E-state index in [0.29, 0.717) is 103 Å². The molecule has 4 aliphatic heterocycles. The molecular weight excluding hydrogens is 1280 g/mol. The molecule has 0 fully saturated rings. The topological polar surface area (TPSA) is 118 Å². The summed E-state index contributed by atoms with van der Waals surface area (Å²) in [6.07, 6.45) is 5.63. The molecule has 0 aliphatic carbocycles. The van der Waals surface area contributed by atoms with Gasteiger partial charge in [0.15, 0.2) is 0 Å². The van der Waals surface area contributed by atoms with Crippen molar-refractivity contribution in [1.29, 1.82) is 0 Å². The molecule has 4 heterocycles. The van der Waals surface area contributed by atoms with Crippen molar-refractivity contribution in [1.82, 2.24) is 0 Å². The van der Waals surface area contributed by atoms with E-state index < -0.39 is 0 Å². The molecule has 12 rings (SSSR count). The van der Waals surface area contributed by atoms with Gasteiger partial charge < -0.3 is 39.4 Å². The third kappa shape index (κ3) is 17.2. The van der Waals surface area contributed by atoms with Gasteiger partial charge in [0.1, 0.15) is 46.0 Å². The Morgan fingerprint density at radius 1 is 0.183 bits per heavy atom. The predicted molar refractivity (Wildman–Crippen MR) is 431 cm³/mol. The van der Waals surface area contributed by atoms with E-state index >= 15 is 0 Å². The molecular formula is C96H124O8. The second kappa shape index (κ2) is 28.5. The lowest BCUT2D eigenvalue weighted by Gasteiger charge is -2.28. The van der Waals surface area contributed by atoms with E-state index in [1.54, 1.807) is 0 Å². The number of fused-ring (bicyclic) bond motifs is 10. The second-order valence-corrected chi connectivity index (χ2v) is 39.3. The van der Waals surface area contributed by atoms with Crippen molar-refractivity contribution in [3.05, 3.63) is 231 Å². The quantitative estimate of drug-likeness (QED) is 0.119. The van der Waals surface area contributed by atoms with Crippen molar-refractivity contribution in [3.63, 3.8) is 0 Å². The average molecular weight is 1410 g/mol. The van der Waals surface area contributed by atoms with E-state index in [1.165, 1.54) is 0 Å². The molecule has 0 saturated carbocycles. The molecule has 0 atom stereocenters. The molecule has 0 aromatic heterocycles. The Bertz CT molecular complexity index is 3780. The predicted octanol–water partition coefficient (Wildman–Crippen LogP) is 23.0. The minimum Gasteiger partial charge on any atom is -0.507 e. The number of phenolic OH excluding ortho intramolecular Hbond substituents is 4. The summed E-state index contributed by atoms with van der Waals surface area (Å²) in [6, 6.07) is 36.1. The van der Waals surface area contributed by atoms with Gasteiger partial charge in [0, 0.05) is 51.4 Å². The van der Waals surface area contributed by atoms with Gasteiger partial charge in [0.2, 0.25) is 0 Å². The first-order chi connectivity index (χ1) is 48.2. The number of hydrogen-bond donors (Lipinski definition) is 4. The van der Waals surface area contributed by atoms with Crippen molar-refractivity contribution in [2.45, 2.75) is 287 Å². The second-order valence-electron chi connectivity index (χ2n) is 39.3. The lowest BCUT2D eigenvalue weighted by molar-refractivity contribution is 0.261. The number of benzene rings is 8. The van der Waals surface area contributed by atoms with Crippen molar-refractivity contribution < 1.29 is 39.4 Å². The van der Waals surface area contributed by atoms with Gasteiger partial charge in [-0.3, -0.25) is 0 Å². The van der Waals surface area contributed by atoms with Crippen molar-refractivity contribution in [3.8, 4) is 46.0 Å². The molecule has 0 radical (unpaired) electrons. The molecule has 8 aromatic rings. The molecule has 0 saturated heterocycles. The highest BCUT2D eigenvalue weighted by atomic mass is 16.5. The minimum absolute atomic E-state index is 0.241. The summed E-state index contributed by atoms with van der Waals surface area (Å²) in [5.41, 5.74) is 20.7. The Labute approximate surface area is 625 Å². The first-order valence-electron chi connectivity index (χ1n) is 38.8. The Morgan fingerprint density at radius 3 is 0.394 bits per heavy atom. The number of rotatable bonds is 0. The Morgan fingerprint density at radius 2 is 0.288 bits per heavy atom. The van der Waals surface area contributed by atoms with Crippen molar-refractivity contribution >= 4 is 0 Å². The molecule has 0 amide bonds. The van der Waals surface area contributed by atoms with Crippen LogP contribution in [0.4, 0.5) is 0 Å². The molecule has 8 heteroatoms. The summed E-state index contributed by atoms with van der Waals surface area (Å²) in [5.74, 6) is 3.98. The smallest absolute Gasteiger partial charge is 0.126 e. The molecule has 8 nitrogen and oxygen atoms in total. The van der Waals surface area contributed by atoms with Crippen LogP contribution in [0.5, 0.6) is 46.0 Å². The summed E-state index contributed by atoms with van der Waals surface area (Å²) in [7, 11) is 0. The highest BCUT2D eigenvalue weighted by Gasteiger charge is 2.33. The normalized spacial score (nSPS) is 15.5. The van der Waals surface area contributed by atoms with Crippen molar-refractivity contribution in [2.75, 3.05) is 26.4 Å². The monoisotopic (exact) mass is 1400 g/mol. The van der Waals surface area contributed by atoms with Gasteiger partial charge in [-0.15, -0.1) is 0 Å². The SMILES string of the molecule is CC(C)(C)c1cc2c(O)c(c1)Cc1cc(C(C)(C)C)cc3c1OCCCCOc1c4cc(C(C)(C)C)cc1Cc1cc(C(C)(C)C)cc(c1O)Cc1cc(C(C)(C)C)cc(c1OCCCCOc1c(cc(C(C)(C)C)cc1Cc1cc(C(C)(C)C)cc(c1O)C4)C2)Cc1cc(C(C)(C)C)cc(c1O)C3. The molecule has 4 N–H and O–H groups in total. The Balaban J connectivity index is 1.31. The molecule has 20 bridgehead atoms. The molecule has 556 valence electrons. The van der Waals surface area contributed by atoms with E-state index in [1.807, 2.05) is 0 Å². The van der Waals surface area contributed by atoms with Gasteiger partial charge in [-0.25, -0.2) is 0 Å². The van der Waals surface area contributed by atoms with Crippen LogP contribution in [0.25, 0.3) is 0 Å². The summed E-state index contributed by atoms with van der Waals surface area (Å²) >= 11 is 0. The number of aromatic hydroxyl groups is 4. The van der Waals surface area contributed by atoms with Crippen LogP contribution in [0.1, 0.15) is 325 Å². The van der Waals surface area contributed by atoms with E-state index in [0.717, 1.165) is 157 Å².